The summed E-state index contributed by atoms with van der Waals surface area (Å²) in [6.45, 7) is 0.975. The highest BCUT2D eigenvalue weighted by Crippen LogP contribution is 2.18. The molecule has 1 fully saturated rings. The van der Waals surface area contributed by atoms with E-state index in [1.54, 1.807) is 6.07 Å². The van der Waals surface area contributed by atoms with E-state index in [9.17, 15) is 12.8 Å². The van der Waals surface area contributed by atoms with Gasteiger partial charge in [-0.2, -0.15) is 18.0 Å². The molecule has 0 aliphatic carbocycles. The van der Waals surface area contributed by atoms with Gasteiger partial charge in [-0.3, -0.25) is 4.72 Å². The Bertz CT molecular complexity index is 604. The summed E-state index contributed by atoms with van der Waals surface area (Å²) in [4.78, 5) is 0. The fourth-order valence-electron chi connectivity index (χ4n) is 1.99. The molecule has 1 aliphatic heterocycles. The molecule has 1 aliphatic rings. The van der Waals surface area contributed by atoms with Crippen LogP contribution in [0.15, 0.2) is 18.2 Å². The molecule has 0 atom stereocenters. The number of nitrogens with zero attached hydrogens (tertiary/aromatic N) is 2. The Morgan fingerprint density at radius 1 is 1.26 bits per heavy atom. The van der Waals surface area contributed by atoms with Crippen molar-refractivity contribution in [3.05, 3.63) is 29.6 Å². The normalized spacial score (nSPS) is 16.8. The van der Waals surface area contributed by atoms with Crippen molar-refractivity contribution in [3.8, 4) is 6.07 Å². The van der Waals surface area contributed by atoms with Crippen LogP contribution in [-0.4, -0.2) is 25.8 Å². The number of rotatable bonds is 3. The quantitative estimate of drug-likeness (QED) is 0.920. The van der Waals surface area contributed by atoms with Crippen LogP contribution < -0.4 is 4.72 Å². The lowest BCUT2D eigenvalue weighted by atomic mass is 10.2. The van der Waals surface area contributed by atoms with Crippen molar-refractivity contribution in [1.29, 1.82) is 5.26 Å². The first-order chi connectivity index (χ1) is 9.03. The molecule has 19 heavy (non-hydrogen) atoms. The Kier molecular flexibility index (Phi) is 4.02. The predicted molar refractivity (Wildman–Crippen MR) is 69.1 cm³/mol. The lowest BCUT2D eigenvalue weighted by Crippen LogP contribution is -2.39. The molecule has 1 aromatic carbocycles. The summed E-state index contributed by atoms with van der Waals surface area (Å²) in [6.07, 6.45) is 2.71. The van der Waals surface area contributed by atoms with Crippen molar-refractivity contribution in [1.82, 2.24) is 4.31 Å². The molecule has 0 spiro atoms. The maximum Gasteiger partial charge on any atom is 0.301 e. The van der Waals surface area contributed by atoms with Gasteiger partial charge in [0.15, 0.2) is 0 Å². The van der Waals surface area contributed by atoms with Crippen LogP contribution in [-0.2, 0) is 10.2 Å². The summed E-state index contributed by atoms with van der Waals surface area (Å²) < 4.78 is 41.0. The molecular formula is C12H14FN3O2S. The zero-order valence-corrected chi connectivity index (χ0v) is 11.1. The first kappa shape index (κ1) is 13.8. The molecular weight excluding hydrogens is 269 g/mol. The Hall–Kier alpha value is -1.65. The first-order valence-electron chi connectivity index (χ1n) is 6.00. The molecule has 102 valence electrons. The van der Waals surface area contributed by atoms with E-state index >= 15 is 0 Å². The molecule has 2 rings (SSSR count). The van der Waals surface area contributed by atoms with E-state index in [4.69, 9.17) is 5.26 Å². The van der Waals surface area contributed by atoms with Crippen molar-refractivity contribution in [3.63, 3.8) is 0 Å². The zero-order chi connectivity index (χ0) is 13.9. The summed E-state index contributed by atoms with van der Waals surface area (Å²) in [5, 5.41) is 8.71. The van der Waals surface area contributed by atoms with E-state index < -0.39 is 16.0 Å². The Morgan fingerprint density at radius 3 is 2.58 bits per heavy atom. The highest BCUT2D eigenvalue weighted by molar-refractivity contribution is 7.90. The number of hydrogen-bond donors (Lipinski definition) is 1. The van der Waals surface area contributed by atoms with Gasteiger partial charge in [0.2, 0.25) is 0 Å². The highest BCUT2D eigenvalue weighted by Gasteiger charge is 2.23. The molecule has 0 aromatic heterocycles. The van der Waals surface area contributed by atoms with Crippen LogP contribution in [0, 0.1) is 17.1 Å². The second-order valence-electron chi connectivity index (χ2n) is 4.37. The summed E-state index contributed by atoms with van der Waals surface area (Å²) in [5.41, 5.74) is 0.0161. The maximum absolute atomic E-state index is 13.1. The van der Waals surface area contributed by atoms with Gasteiger partial charge in [-0.25, -0.2) is 4.39 Å². The molecule has 0 amide bonds. The largest absolute Gasteiger partial charge is 0.301 e. The van der Waals surface area contributed by atoms with Gasteiger partial charge in [0.25, 0.3) is 0 Å². The molecule has 0 bridgehead atoms. The molecule has 0 saturated carbocycles. The molecule has 1 N–H and O–H groups in total. The monoisotopic (exact) mass is 283 g/mol. The third-order valence-electron chi connectivity index (χ3n) is 2.99. The zero-order valence-electron chi connectivity index (χ0n) is 10.3. The van der Waals surface area contributed by atoms with Gasteiger partial charge in [-0.05, 0) is 31.0 Å². The topological polar surface area (TPSA) is 73.2 Å². The second kappa shape index (κ2) is 5.55. The minimum atomic E-state index is -3.62. The minimum absolute atomic E-state index is 0.182. The van der Waals surface area contributed by atoms with E-state index in [-0.39, 0.29) is 11.3 Å². The minimum Gasteiger partial charge on any atom is -0.271 e. The fraction of sp³-hybridized carbons (Fsp3) is 0.417. The molecule has 0 radical (unpaired) electrons. The molecule has 7 heteroatoms. The third-order valence-corrected chi connectivity index (χ3v) is 4.53. The van der Waals surface area contributed by atoms with Crippen molar-refractivity contribution in [2.75, 3.05) is 17.8 Å². The van der Waals surface area contributed by atoms with Crippen LogP contribution in [0.25, 0.3) is 0 Å². The number of piperidine rings is 1. The Balaban J connectivity index is 2.18. The van der Waals surface area contributed by atoms with Gasteiger partial charge in [0.05, 0.1) is 11.3 Å². The average molecular weight is 283 g/mol. The van der Waals surface area contributed by atoms with E-state index in [0.29, 0.717) is 13.1 Å². The van der Waals surface area contributed by atoms with Crippen LogP contribution in [0.1, 0.15) is 24.8 Å². The van der Waals surface area contributed by atoms with Crippen LogP contribution in [0.2, 0.25) is 0 Å². The van der Waals surface area contributed by atoms with Gasteiger partial charge in [0, 0.05) is 13.1 Å². The number of anilines is 1. The summed E-state index contributed by atoms with van der Waals surface area (Å²) >= 11 is 0. The van der Waals surface area contributed by atoms with E-state index in [2.05, 4.69) is 4.72 Å². The summed E-state index contributed by atoms with van der Waals surface area (Å²) in [5.74, 6) is -0.663. The summed E-state index contributed by atoms with van der Waals surface area (Å²) in [6, 6.07) is 5.25. The third kappa shape index (κ3) is 3.22. The van der Waals surface area contributed by atoms with Crippen LogP contribution in [0.3, 0.4) is 0 Å². The highest BCUT2D eigenvalue weighted by atomic mass is 32.2. The summed E-state index contributed by atoms with van der Waals surface area (Å²) in [7, 11) is -3.62. The SMILES string of the molecule is N#Cc1cc(NS(=O)(=O)N2CCCCC2)ccc1F. The van der Waals surface area contributed by atoms with E-state index in [1.165, 1.54) is 16.4 Å². The lowest BCUT2D eigenvalue weighted by Gasteiger charge is -2.26. The first-order valence-corrected chi connectivity index (χ1v) is 7.44. The van der Waals surface area contributed by atoms with Crippen LogP contribution >= 0.6 is 0 Å². The number of halogens is 1. The van der Waals surface area contributed by atoms with E-state index in [0.717, 1.165) is 25.3 Å². The van der Waals surface area contributed by atoms with Crippen LogP contribution in [0.5, 0.6) is 0 Å². The van der Waals surface area contributed by atoms with Gasteiger partial charge >= 0.3 is 10.2 Å². The van der Waals surface area contributed by atoms with Crippen molar-refractivity contribution in [2.24, 2.45) is 0 Å². The second-order valence-corrected chi connectivity index (χ2v) is 6.04. The molecule has 1 saturated heterocycles. The van der Waals surface area contributed by atoms with Gasteiger partial charge in [0.1, 0.15) is 11.9 Å². The number of nitriles is 1. The van der Waals surface area contributed by atoms with Gasteiger partial charge < -0.3 is 0 Å². The molecule has 1 aromatic rings. The molecule has 0 unspecified atom stereocenters. The number of nitrogens with one attached hydrogen (secondary N) is 1. The smallest absolute Gasteiger partial charge is 0.271 e. The predicted octanol–water partition coefficient (Wildman–Crippen LogP) is 1.84. The molecule has 1 heterocycles. The van der Waals surface area contributed by atoms with E-state index in [1.807, 2.05) is 0 Å². The maximum atomic E-state index is 13.1. The lowest BCUT2D eigenvalue weighted by molar-refractivity contribution is 0.349. The van der Waals surface area contributed by atoms with Crippen LogP contribution in [0.4, 0.5) is 10.1 Å². The van der Waals surface area contributed by atoms with Crippen molar-refractivity contribution < 1.29 is 12.8 Å². The fourth-order valence-corrected chi connectivity index (χ4v) is 3.29. The van der Waals surface area contributed by atoms with Crippen molar-refractivity contribution in [2.45, 2.75) is 19.3 Å². The Morgan fingerprint density at radius 2 is 1.95 bits per heavy atom. The van der Waals surface area contributed by atoms with Crippen molar-refractivity contribution >= 4 is 15.9 Å². The number of benzene rings is 1. The standard InChI is InChI=1S/C12H14FN3O2S/c13-12-5-4-11(8-10(12)9-14)15-19(17,18)16-6-2-1-3-7-16/h4-5,8,15H,1-3,6-7H2. The Labute approximate surface area is 111 Å². The average Bonchev–Trinajstić information content (AvgIpc) is 2.42. The molecule has 5 nitrogen and oxygen atoms in total. The number of hydrogen-bond acceptors (Lipinski definition) is 3. The van der Waals surface area contributed by atoms with Gasteiger partial charge in [-0.15, -0.1) is 0 Å². The van der Waals surface area contributed by atoms with Gasteiger partial charge in [-0.1, -0.05) is 6.42 Å².